The van der Waals surface area contributed by atoms with Crippen molar-refractivity contribution in [3.05, 3.63) is 100 Å². The second-order valence-corrected chi connectivity index (χ2v) is 10.5. The minimum Gasteiger partial charge on any atom is -0.496 e. The molecule has 0 N–H and O–H groups in total. The third-order valence-corrected chi connectivity index (χ3v) is 9.18. The molecule has 2 bridgehead atoms. The molecule has 1 aliphatic heterocycles. The van der Waals surface area contributed by atoms with Crippen LogP contribution in [-0.2, 0) is 14.4 Å². The van der Waals surface area contributed by atoms with E-state index in [1.165, 1.54) is 25.3 Å². The molecule has 1 saturated carbocycles. The molecule has 0 spiro atoms. The molecule has 202 valence electrons. The number of imide groups is 1. The van der Waals surface area contributed by atoms with E-state index in [9.17, 15) is 24.5 Å². The number of fused-ring (bicyclic) bond motifs is 5. The number of nitro groups is 1. The Labute approximate surface area is 231 Å². The van der Waals surface area contributed by atoms with Gasteiger partial charge in [0.15, 0.2) is 5.78 Å². The van der Waals surface area contributed by atoms with Crippen molar-refractivity contribution in [2.75, 3.05) is 12.0 Å². The van der Waals surface area contributed by atoms with E-state index in [1.807, 2.05) is 74.5 Å². The molecule has 3 aliphatic rings. The lowest BCUT2D eigenvalue weighted by Crippen LogP contribution is -2.42. The number of nitrogens with zero attached hydrogens (tertiary/aromatic N) is 2. The van der Waals surface area contributed by atoms with Gasteiger partial charge in [0.05, 0.1) is 40.8 Å². The topological polar surface area (TPSA) is 107 Å². The Balaban J connectivity index is 1.65. The highest BCUT2D eigenvalue weighted by Crippen LogP contribution is 2.75. The maximum absolute atomic E-state index is 14.8. The van der Waals surface area contributed by atoms with Crippen LogP contribution in [0.4, 0.5) is 11.4 Å². The van der Waals surface area contributed by atoms with Crippen LogP contribution in [0, 0.1) is 32.8 Å². The van der Waals surface area contributed by atoms with E-state index in [0.29, 0.717) is 12.8 Å². The number of ketones is 1. The second-order valence-electron chi connectivity index (χ2n) is 10.5. The SMILES string of the molecule is CC[C@]12C(=O)[C@](CC)(C(c3ccccc3)=C1c1ccccc1)[C@H]1C(=O)N(c3ccc(OC)cc3[N+](=O)[O-])C(=O)[C@H]12. The fourth-order valence-electron chi connectivity index (χ4n) is 7.66. The highest BCUT2D eigenvalue weighted by molar-refractivity contribution is 6.35. The Kier molecular flexibility index (Phi) is 5.76. The number of ether oxygens (including phenoxy) is 1. The number of anilines is 1. The normalized spacial score (nSPS) is 27.0. The van der Waals surface area contributed by atoms with Crippen LogP contribution < -0.4 is 9.64 Å². The summed E-state index contributed by atoms with van der Waals surface area (Å²) < 4.78 is 5.16. The van der Waals surface area contributed by atoms with E-state index in [2.05, 4.69) is 0 Å². The first-order valence-electron chi connectivity index (χ1n) is 13.4. The van der Waals surface area contributed by atoms with Gasteiger partial charge >= 0.3 is 0 Å². The van der Waals surface area contributed by atoms with Crippen molar-refractivity contribution in [1.82, 2.24) is 0 Å². The summed E-state index contributed by atoms with van der Waals surface area (Å²) in [6.07, 6.45) is 0.625. The van der Waals surface area contributed by atoms with E-state index in [0.717, 1.165) is 27.2 Å². The third kappa shape index (κ3) is 2.99. The minimum atomic E-state index is -1.25. The Morgan fingerprint density at radius 2 is 1.27 bits per heavy atom. The Morgan fingerprint density at radius 1 is 0.800 bits per heavy atom. The van der Waals surface area contributed by atoms with Crippen LogP contribution in [0.3, 0.4) is 0 Å². The molecule has 8 nitrogen and oxygen atoms in total. The number of rotatable bonds is 7. The molecule has 3 aromatic rings. The van der Waals surface area contributed by atoms with E-state index in [1.54, 1.807) is 0 Å². The summed E-state index contributed by atoms with van der Waals surface area (Å²) in [5.74, 6) is -2.96. The van der Waals surface area contributed by atoms with Gasteiger partial charge in [0.25, 0.3) is 5.69 Å². The van der Waals surface area contributed by atoms with Gasteiger partial charge in [0.2, 0.25) is 11.8 Å². The number of allylic oxidation sites excluding steroid dienone is 2. The van der Waals surface area contributed by atoms with Gasteiger partial charge in [-0.25, -0.2) is 4.90 Å². The first kappa shape index (κ1) is 25.7. The molecule has 8 heteroatoms. The summed E-state index contributed by atoms with van der Waals surface area (Å²) in [6, 6.07) is 23.2. The Morgan fingerprint density at radius 3 is 1.68 bits per heavy atom. The molecule has 1 heterocycles. The number of hydrogen-bond acceptors (Lipinski definition) is 6. The highest BCUT2D eigenvalue weighted by atomic mass is 16.6. The van der Waals surface area contributed by atoms with Gasteiger partial charge in [0.1, 0.15) is 11.4 Å². The van der Waals surface area contributed by atoms with Crippen molar-refractivity contribution in [1.29, 1.82) is 0 Å². The number of carbonyl (C=O) groups is 3. The van der Waals surface area contributed by atoms with Crippen LogP contribution in [0.5, 0.6) is 5.75 Å². The summed E-state index contributed by atoms with van der Waals surface area (Å²) in [6.45, 7) is 3.77. The van der Waals surface area contributed by atoms with Crippen molar-refractivity contribution in [2.45, 2.75) is 26.7 Å². The summed E-state index contributed by atoms with van der Waals surface area (Å²) in [4.78, 5) is 55.9. The number of hydrogen-bond donors (Lipinski definition) is 0. The van der Waals surface area contributed by atoms with Gasteiger partial charge in [0, 0.05) is 0 Å². The summed E-state index contributed by atoms with van der Waals surface area (Å²) in [5.41, 5.74) is 0.201. The lowest BCUT2D eigenvalue weighted by Gasteiger charge is -2.38. The fraction of sp³-hybridized carbons (Fsp3) is 0.281. The maximum atomic E-state index is 14.8. The predicted molar refractivity (Wildman–Crippen MR) is 149 cm³/mol. The van der Waals surface area contributed by atoms with E-state index >= 15 is 0 Å². The molecule has 0 aromatic heterocycles. The molecular formula is C32H28N2O6. The number of benzene rings is 3. The summed E-state index contributed by atoms with van der Waals surface area (Å²) in [7, 11) is 1.39. The molecule has 40 heavy (non-hydrogen) atoms. The second kappa shape index (κ2) is 8.98. The Hall–Kier alpha value is -4.59. The van der Waals surface area contributed by atoms with Crippen LogP contribution >= 0.6 is 0 Å². The molecule has 4 atom stereocenters. The van der Waals surface area contributed by atoms with Crippen LogP contribution in [0.15, 0.2) is 78.9 Å². The average Bonchev–Trinajstić information content (AvgIpc) is 3.48. The zero-order valence-electron chi connectivity index (χ0n) is 22.4. The quantitative estimate of drug-likeness (QED) is 0.218. The lowest BCUT2D eigenvalue weighted by molar-refractivity contribution is -0.384. The first-order valence-corrected chi connectivity index (χ1v) is 13.4. The Bertz CT molecular complexity index is 1530. The molecule has 6 rings (SSSR count). The predicted octanol–water partition coefficient (Wildman–Crippen LogP) is 5.71. The zero-order valence-corrected chi connectivity index (χ0v) is 22.4. The fourth-order valence-corrected chi connectivity index (χ4v) is 7.66. The number of methoxy groups -OCH3 is 1. The van der Waals surface area contributed by atoms with Crippen LogP contribution in [-0.4, -0.2) is 29.6 Å². The van der Waals surface area contributed by atoms with Crippen LogP contribution in [0.2, 0.25) is 0 Å². The standard InChI is InChI=1S/C32H28N2O6/c1-4-31-24(19-12-8-6-9-13-19)25(20-14-10-7-11-15-20)32(5-2,30(31)37)27-26(31)28(35)33(29(27)36)22-17-16-21(40-3)18-23(22)34(38)39/h6-18,26-27H,4-5H2,1-3H3/t26-,27+,31-,32+. The molecule has 0 unspecified atom stereocenters. The third-order valence-electron chi connectivity index (χ3n) is 9.18. The van der Waals surface area contributed by atoms with E-state index < -0.39 is 45.1 Å². The number of nitro benzene ring substituents is 1. The van der Waals surface area contributed by atoms with Gasteiger partial charge in [-0.1, -0.05) is 74.5 Å². The summed E-state index contributed by atoms with van der Waals surface area (Å²) >= 11 is 0. The lowest BCUT2D eigenvalue weighted by atomic mass is 9.60. The van der Waals surface area contributed by atoms with E-state index in [-0.39, 0.29) is 17.2 Å². The number of carbonyl (C=O) groups excluding carboxylic acids is 3. The first-order chi connectivity index (χ1) is 19.3. The van der Waals surface area contributed by atoms with Crippen LogP contribution in [0.1, 0.15) is 37.8 Å². The molecule has 2 aliphatic carbocycles. The smallest absolute Gasteiger partial charge is 0.297 e. The molecule has 0 radical (unpaired) electrons. The van der Waals surface area contributed by atoms with Crippen molar-refractivity contribution in [3.63, 3.8) is 0 Å². The van der Waals surface area contributed by atoms with Crippen LogP contribution in [0.25, 0.3) is 11.1 Å². The van der Waals surface area contributed by atoms with Gasteiger partial charge in [-0.05, 0) is 47.2 Å². The van der Waals surface area contributed by atoms with Crippen molar-refractivity contribution < 1.29 is 24.0 Å². The van der Waals surface area contributed by atoms with E-state index in [4.69, 9.17) is 4.74 Å². The van der Waals surface area contributed by atoms with Crippen molar-refractivity contribution >= 4 is 40.1 Å². The minimum absolute atomic E-state index is 0.108. The monoisotopic (exact) mass is 536 g/mol. The van der Waals surface area contributed by atoms with Crippen molar-refractivity contribution in [2.24, 2.45) is 22.7 Å². The van der Waals surface area contributed by atoms with Gasteiger partial charge in [-0.2, -0.15) is 0 Å². The van der Waals surface area contributed by atoms with Gasteiger partial charge in [-0.3, -0.25) is 24.5 Å². The molecule has 3 aromatic carbocycles. The van der Waals surface area contributed by atoms with Crippen molar-refractivity contribution in [3.8, 4) is 5.75 Å². The zero-order chi connectivity index (χ0) is 28.4. The average molecular weight is 537 g/mol. The molecular weight excluding hydrogens is 508 g/mol. The largest absolute Gasteiger partial charge is 0.496 e. The summed E-state index contributed by atoms with van der Waals surface area (Å²) in [5, 5.41) is 12.1. The van der Waals surface area contributed by atoms with Gasteiger partial charge in [-0.15, -0.1) is 0 Å². The molecule has 1 saturated heterocycles. The number of Topliss-reactive ketones (excluding diaryl/α,β-unsaturated/α-hetero) is 1. The highest BCUT2D eigenvalue weighted by Gasteiger charge is 2.80. The molecule has 2 amide bonds. The maximum Gasteiger partial charge on any atom is 0.297 e. The van der Waals surface area contributed by atoms with Gasteiger partial charge < -0.3 is 4.74 Å². The molecule has 2 fully saturated rings. The number of amides is 2.